The summed E-state index contributed by atoms with van der Waals surface area (Å²) in [6, 6.07) is 15.5. The van der Waals surface area contributed by atoms with Gasteiger partial charge in [-0.1, -0.05) is 24.3 Å². The van der Waals surface area contributed by atoms with Crippen molar-refractivity contribution in [2.75, 3.05) is 18.0 Å². The Labute approximate surface area is 213 Å². The Balaban J connectivity index is 1.72. The molecule has 0 spiro atoms. The van der Waals surface area contributed by atoms with Crippen LogP contribution in [0.3, 0.4) is 0 Å². The Bertz CT molecular complexity index is 1460. The quantitative estimate of drug-likeness (QED) is 0.318. The summed E-state index contributed by atoms with van der Waals surface area (Å²) in [5.74, 6) is -0.801. The number of fused-ring (bicyclic) bond motifs is 1. The Kier molecular flexibility index (Phi) is 6.76. The highest BCUT2D eigenvalue weighted by atomic mass is 19.1. The number of hydrogen-bond acceptors (Lipinski definition) is 4. The number of amides is 1. The molecule has 1 aliphatic heterocycles. The number of carboxylic acid groups (broad SMARTS) is 1. The molecule has 0 atom stereocenters. The van der Waals surface area contributed by atoms with Gasteiger partial charge in [0.15, 0.2) is 0 Å². The minimum atomic E-state index is -1.22. The zero-order valence-corrected chi connectivity index (χ0v) is 20.5. The first kappa shape index (κ1) is 24.6. The molecular weight excluding hydrogens is 474 g/mol. The van der Waals surface area contributed by atoms with Crippen LogP contribution in [-0.4, -0.2) is 35.3 Å². The molecule has 1 amide bonds. The molecule has 0 radical (unpaired) electrons. The maximum atomic E-state index is 14.8. The molecule has 0 bridgehead atoms. The van der Waals surface area contributed by atoms with Crippen molar-refractivity contribution in [3.63, 3.8) is 0 Å². The normalized spacial score (nSPS) is 14.2. The molecule has 1 fully saturated rings. The summed E-state index contributed by atoms with van der Waals surface area (Å²) in [4.78, 5) is 18.0. The average molecular weight is 503 g/mol. The number of piperidine rings is 1. The molecule has 190 valence electrons. The Morgan fingerprint density at radius 3 is 2.59 bits per heavy atom. The van der Waals surface area contributed by atoms with Crippen molar-refractivity contribution in [2.24, 2.45) is 5.73 Å². The number of aromatic nitrogens is 1. The topological polar surface area (TPSA) is 91.5 Å². The number of benzene rings is 3. The first-order chi connectivity index (χ1) is 17.8. The van der Waals surface area contributed by atoms with E-state index in [2.05, 4.69) is 15.2 Å². The molecule has 1 saturated heterocycles. The summed E-state index contributed by atoms with van der Waals surface area (Å²) in [6.45, 7) is 3.20. The molecule has 6 nitrogen and oxygen atoms in total. The lowest BCUT2D eigenvalue weighted by Gasteiger charge is -2.34. The summed E-state index contributed by atoms with van der Waals surface area (Å²) in [6.07, 6.45) is 2.22. The lowest BCUT2D eigenvalue weighted by atomic mass is 9.94. The van der Waals surface area contributed by atoms with Crippen molar-refractivity contribution in [1.29, 1.82) is 0 Å². The van der Waals surface area contributed by atoms with Crippen LogP contribution >= 0.6 is 0 Å². The van der Waals surface area contributed by atoms with Crippen molar-refractivity contribution in [1.82, 2.24) is 10.3 Å². The number of aryl methyl sites for hydroxylation is 1. The van der Waals surface area contributed by atoms with E-state index in [-0.39, 0.29) is 24.0 Å². The summed E-state index contributed by atoms with van der Waals surface area (Å²) >= 11 is 0. The third kappa shape index (κ3) is 5.11. The van der Waals surface area contributed by atoms with Crippen molar-refractivity contribution < 1.29 is 18.7 Å². The molecule has 1 aromatic heterocycles. The van der Waals surface area contributed by atoms with E-state index in [9.17, 15) is 13.6 Å². The average Bonchev–Trinajstić information content (AvgIpc) is 2.87. The van der Waals surface area contributed by atoms with Crippen LogP contribution in [0.5, 0.6) is 0 Å². The molecule has 8 heteroatoms. The zero-order valence-electron chi connectivity index (χ0n) is 20.5. The molecule has 0 saturated carbocycles. The van der Waals surface area contributed by atoms with Crippen LogP contribution in [-0.2, 0) is 6.54 Å². The van der Waals surface area contributed by atoms with Gasteiger partial charge in [-0.15, -0.1) is 0 Å². The number of hydrogen-bond donors (Lipinski definition) is 3. The van der Waals surface area contributed by atoms with Gasteiger partial charge in [-0.3, -0.25) is 4.98 Å². The second kappa shape index (κ2) is 10.1. The van der Waals surface area contributed by atoms with Crippen LogP contribution in [0.1, 0.15) is 24.0 Å². The summed E-state index contributed by atoms with van der Waals surface area (Å²) < 4.78 is 29.2. The van der Waals surface area contributed by atoms with Crippen molar-refractivity contribution in [3.8, 4) is 22.3 Å². The number of halogens is 2. The lowest BCUT2D eigenvalue weighted by molar-refractivity contribution is 0.194. The fraction of sp³-hybridized carbons (Fsp3) is 0.241. The van der Waals surface area contributed by atoms with Gasteiger partial charge >= 0.3 is 6.09 Å². The van der Waals surface area contributed by atoms with Crippen LogP contribution in [0.15, 0.2) is 60.8 Å². The van der Waals surface area contributed by atoms with Crippen LogP contribution < -0.4 is 16.0 Å². The van der Waals surface area contributed by atoms with Gasteiger partial charge in [0.2, 0.25) is 0 Å². The third-order valence-electron chi connectivity index (χ3n) is 6.89. The molecule has 4 N–H and O–H groups in total. The van der Waals surface area contributed by atoms with E-state index in [1.165, 1.54) is 18.2 Å². The molecular formula is C29H28F2N4O2. The van der Waals surface area contributed by atoms with Crippen LogP contribution in [0, 0.1) is 18.6 Å². The number of pyridine rings is 1. The number of anilines is 1. The number of rotatable bonds is 5. The molecule has 0 aliphatic carbocycles. The minimum Gasteiger partial charge on any atom is -0.465 e. The SMILES string of the molecule is Cc1cc(F)cc(-c2cnc3ccc(-c4cccc(F)c4CNC(=O)O)cc3c2N2CCC(N)CC2)c1. The van der Waals surface area contributed by atoms with E-state index >= 15 is 0 Å². The van der Waals surface area contributed by atoms with E-state index in [1.807, 2.05) is 31.2 Å². The standard InChI is InChI=1S/C29H28F2N4O2/c1-17-11-19(13-20(30)12-17)24-15-33-27-6-5-18(14-23(27)28(24)35-9-7-21(32)8-10-35)22-3-2-4-26(31)25(22)16-34-29(36)37/h2-6,11-15,21,34H,7-10,16,32H2,1H3,(H,36,37). The van der Waals surface area contributed by atoms with Crippen molar-refractivity contribution in [3.05, 3.63) is 83.6 Å². The Morgan fingerprint density at radius 2 is 1.86 bits per heavy atom. The van der Waals surface area contributed by atoms with E-state index in [0.29, 0.717) is 5.56 Å². The second-order valence-corrected chi connectivity index (χ2v) is 9.52. The zero-order chi connectivity index (χ0) is 26.1. The van der Waals surface area contributed by atoms with Gasteiger partial charge in [0.25, 0.3) is 0 Å². The van der Waals surface area contributed by atoms with Gasteiger partial charge in [0.1, 0.15) is 11.6 Å². The smallest absolute Gasteiger partial charge is 0.404 e. The summed E-state index contributed by atoms with van der Waals surface area (Å²) in [5, 5.41) is 12.2. The molecule has 2 heterocycles. The van der Waals surface area contributed by atoms with E-state index in [4.69, 9.17) is 10.8 Å². The fourth-order valence-electron chi connectivity index (χ4n) is 5.09. The number of carbonyl (C=O) groups is 1. The maximum absolute atomic E-state index is 14.8. The first-order valence-corrected chi connectivity index (χ1v) is 12.3. The van der Waals surface area contributed by atoms with E-state index < -0.39 is 11.9 Å². The van der Waals surface area contributed by atoms with Gasteiger partial charge < -0.3 is 21.1 Å². The fourth-order valence-corrected chi connectivity index (χ4v) is 5.09. The predicted molar refractivity (Wildman–Crippen MR) is 142 cm³/mol. The Hall–Kier alpha value is -4.04. The van der Waals surface area contributed by atoms with Gasteiger partial charge in [-0.2, -0.15) is 0 Å². The number of nitrogens with zero attached hydrogens (tertiary/aromatic N) is 2. The van der Waals surface area contributed by atoms with E-state index in [1.54, 1.807) is 18.3 Å². The molecule has 1 aliphatic rings. The minimum absolute atomic E-state index is 0.136. The van der Waals surface area contributed by atoms with E-state index in [0.717, 1.165) is 64.8 Å². The molecule has 4 aromatic rings. The van der Waals surface area contributed by atoms with Crippen molar-refractivity contribution >= 4 is 22.7 Å². The maximum Gasteiger partial charge on any atom is 0.404 e. The first-order valence-electron chi connectivity index (χ1n) is 12.3. The van der Waals surface area contributed by atoms with Gasteiger partial charge in [0, 0.05) is 48.4 Å². The molecule has 5 rings (SSSR count). The highest BCUT2D eigenvalue weighted by Gasteiger charge is 2.23. The summed E-state index contributed by atoms with van der Waals surface area (Å²) in [7, 11) is 0. The van der Waals surface area contributed by atoms with Gasteiger partial charge in [-0.05, 0) is 72.4 Å². The number of nitrogens with one attached hydrogen (secondary N) is 1. The van der Waals surface area contributed by atoms with Crippen molar-refractivity contribution in [2.45, 2.75) is 32.4 Å². The van der Waals surface area contributed by atoms with Gasteiger partial charge in [0.05, 0.1) is 11.2 Å². The third-order valence-corrected chi connectivity index (χ3v) is 6.89. The number of nitrogens with two attached hydrogens (primary N) is 1. The Morgan fingerprint density at radius 1 is 1.08 bits per heavy atom. The van der Waals surface area contributed by atoms with Crippen LogP contribution in [0.2, 0.25) is 0 Å². The highest BCUT2D eigenvalue weighted by Crippen LogP contribution is 2.40. The lowest BCUT2D eigenvalue weighted by Crippen LogP contribution is -2.40. The molecule has 0 unspecified atom stereocenters. The predicted octanol–water partition coefficient (Wildman–Crippen LogP) is 5.85. The highest BCUT2D eigenvalue weighted by molar-refractivity contribution is 6.02. The monoisotopic (exact) mass is 502 g/mol. The molecule has 3 aromatic carbocycles. The van der Waals surface area contributed by atoms with Crippen LogP contribution in [0.4, 0.5) is 19.3 Å². The summed E-state index contributed by atoms with van der Waals surface area (Å²) in [5.41, 5.74) is 11.8. The molecule has 37 heavy (non-hydrogen) atoms. The van der Waals surface area contributed by atoms with Gasteiger partial charge in [-0.25, -0.2) is 13.6 Å². The van der Waals surface area contributed by atoms with Crippen LogP contribution in [0.25, 0.3) is 33.2 Å². The second-order valence-electron chi connectivity index (χ2n) is 9.52. The largest absolute Gasteiger partial charge is 0.465 e.